The zero-order chi connectivity index (χ0) is 24.7. The number of hydrogen-bond donors (Lipinski definition) is 2. The van der Waals surface area contributed by atoms with Gasteiger partial charge in [-0.3, -0.25) is 9.69 Å². The summed E-state index contributed by atoms with van der Waals surface area (Å²) in [6.45, 7) is -0.0964. The standard InChI is InChI=1S/C24H21F4N3O3/c1-34-21-11-7-19(8-12-21)30-23(33)31(20-9-5-18(25)6-10-20)14-13-29-22(32)16-3-2-4-17(15-16)24(26,27)28/h2-12,15H,13-14H2,1H3,(H,29,32)(H,30,33). The van der Waals surface area contributed by atoms with Gasteiger partial charge in [0.1, 0.15) is 11.6 Å². The molecule has 0 radical (unpaired) electrons. The van der Waals surface area contributed by atoms with E-state index in [4.69, 9.17) is 4.74 Å². The van der Waals surface area contributed by atoms with Gasteiger partial charge in [-0.25, -0.2) is 9.18 Å². The summed E-state index contributed by atoms with van der Waals surface area (Å²) in [7, 11) is 1.51. The van der Waals surface area contributed by atoms with E-state index in [2.05, 4.69) is 10.6 Å². The van der Waals surface area contributed by atoms with E-state index in [0.717, 1.165) is 18.2 Å². The van der Waals surface area contributed by atoms with Gasteiger partial charge in [0, 0.05) is 30.0 Å². The van der Waals surface area contributed by atoms with Crippen molar-refractivity contribution in [3.8, 4) is 5.75 Å². The lowest BCUT2D eigenvalue weighted by molar-refractivity contribution is -0.137. The van der Waals surface area contributed by atoms with Crippen LogP contribution in [0.2, 0.25) is 0 Å². The number of methoxy groups -OCH3 is 1. The number of alkyl halides is 3. The van der Waals surface area contributed by atoms with Gasteiger partial charge in [0.15, 0.2) is 0 Å². The van der Waals surface area contributed by atoms with Crippen molar-refractivity contribution in [1.29, 1.82) is 0 Å². The highest BCUT2D eigenvalue weighted by molar-refractivity contribution is 6.02. The van der Waals surface area contributed by atoms with Crippen molar-refractivity contribution in [2.75, 3.05) is 30.4 Å². The highest BCUT2D eigenvalue weighted by Gasteiger charge is 2.30. The number of nitrogens with one attached hydrogen (secondary N) is 2. The highest BCUT2D eigenvalue weighted by Crippen LogP contribution is 2.29. The number of benzene rings is 3. The third-order valence-electron chi connectivity index (χ3n) is 4.80. The summed E-state index contributed by atoms with van der Waals surface area (Å²) < 4.78 is 57.1. The van der Waals surface area contributed by atoms with Crippen LogP contribution in [0.25, 0.3) is 0 Å². The first-order valence-electron chi connectivity index (χ1n) is 10.1. The number of hydrogen-bond acceptors (Lipinski definition) is 3. The second-order valence-electron chi connectivity index (χ2n) is 7.12. The van der Waals surface area contributed by atoms with Crippen LogP contribution in [-0.2, 0) is 6.18 Å². The second-order valence-corrected chi connectivity index (χ2v) is 7.12. The number of carbonyl (C=O) groups excluding carboxylic acids is 2. The maximum Gasteiger partial charge on any atom is 0.416 e. The maximum absolute atomic E-state index is 13.4. The average molecular weight is 475 g/mol. The number of nitrogens with zero attached hydrogens (tertiary/aromatic N) is 1. The molecule has 0 aromatic heterocycles. The van der Waals surface area contributed by atoms with Gasteiger partial charge in [-0.05, 0) is 66.7 Å². The minimum Gasteiger partial charge on any atom is -0.497 e. The van der Waals surface area contributed by atoms with Crippen molar-refractivity contribution in [3.05, 3.63) is 89.7 Å². The summed E-state index contributed by atoms with van der Waals surface area (Å²) in [5.74, 6) is -0.608. The van der Waals surface area contributed by atoms with Crippen molar-refractivity contribution in [2.45, 2.75) is 6.18 Å². The highest BCUT2D eigenvalue weighted by atomic mass is 19.4. The van der Waals surface area contributed by atoms with Crippen molar-refractivity contribution in [3.63, 3.8) is 0 Å². The summed E-state index contributed by atoms with van der Waals surface area (Å²) in [6.07, 6.45) is -4.57. The fraction of sp³-hybridized carbons (Fsp3) is 0.167. The summed E-state index contributed by atoms with van der Waals surface area (Å²) in [5, 5.41) is 5.20. The number of urea groups is 1. The molecule has 0 heterocycles. The van der Waals surface area contributed by atoms with Crippen molar-refractivity contribution in [2.24, 2.45) is 0 Å². The lowest BCUT2D eigenvalue weighted by Gasteiger charge is -2.23. The van der Waals surface area contributed by atoms with E-state index in [1.165, 1.54) is 42.3 Å². The van der Waals surface area contributed by atoms with Gasteiger partial charge in [0.2, 0.25) is 0 Å². The third kappa shape index (κ3) is 6.47. The van der Waals surface area contributed by atoms with E-state index in [9.17, 15) is 27.2 Å². The molecule has 10 heteroatoms. The Morgan fingerprint density at radius 3 is 2.26 bits per heavy atom. The zero-order valence-corrected chi connectivity index (χ0v) is 18.0. The van der Waals surface area contributed by atoms with Crippen LogP contribution in [-0.4, -0.2) is 32.1 Å². The van der Waals surface area contributed by atoms with Gasteiger partial charge in [0.05, 0.1) is 12.7 Å². The molecule has 0 bridgehead atoms. The second kappa shape index (κ2) is 10.7. The van der Waals surface area contributed by atoms with Crippen LogP contribution >= 0.6 is 0 Å². The SMILES string of the molecule is COc1ccc(NC(=O)N(CCNC(=O)c2cccc(C(F)(F)F)c2)c2ccc(F)cc2)cc1. The average Bonchev–Trinajstić information content (AvgIpc) is 2.82. The molecule has 0 spiro atoms. The predicted octanol–water partition coefficient (Wildman–Crippen LogP) is 5.32. The monoisotopic (exact) mass is 475 g/mol. The van der Waals surface area contributed by atoms with Crippen LogP contribution in [0.5, 0.6) is 5.75 Å². The molecule has 2 N–H and O–H groups in total. The fourth-order valence-corrected chi connectivity index (χ4v) is 3.05. The van der Waals surface area contributed by atoms with E-state index in [1.54, 1.807) is 24.3 Å². The van der Waals surface area contributed by atoms with Crippen molar-refractivity contribution < 1.29 is 31.9 Å². The molecule has 3 aromatic rings. The number of halogens is 4. The Labute approximate surface area is 193 Å². The molecule has 3 amide bonds. The summed E-state index contributed by atoms with van der Waals surface area (Å²) >= 11 is 0. The van der Waals surface area contributed by atoms with Gasteiger partial charge in [-0.1, -0.05) is 6.07 Å². The Morgan fingerprint density at radius 1 is 0.971 bits per heavy atom. The Morgan fingerprint density at radius 2 is 1.65 bits per heavy atom. The van der Waals surface area contributed by atoms with E-state index < -0.39 is 29.5 Å². The van der Waals surface area contributed by atoms with Crippen LogP contribution in [0.4, 0.5) is 33.7 Å². The molecule has 34 heavy (non-hydrogen) atoms. The first-order chi connectivity index (χ1) is 16.2. The Kier molecular flexibility index (Phi) is 7.72. The number of carbonyl (C=O) groups is 2. The Hall–Kier alpha value is -4.08. The van der Waals surface area contributed by atoms with Crippen LogP contribution in [0.1, 0.15) is 15.9 Å². The first kappa shape index (κ1) is 24.6. The molecule has 3 aromatic carbocycles. The molecule has 0 aliphatic heterocycles. The molecule has 178 valence electrons. The van der Waals surface area contributed by atoms with Gasteiger partial charge >= 0.3 is 12.2 Å². The summed E-state index contributed by atoms with van der Waals surface area (Å²) in [6, 6.07) is 15.2. The number of amides is 3. The van der Waals surface area contributed by atoms with E-state index >= 15 is 0 Å². The van der Waals surface area contributed by atoms with Crippen LogP contribution in [0.3, 0.4) is 0 Å². The van der Waals surface area contributed by atoms with Crippen molar-refractivity contribution >= 4 is 23.3 Å². The van der Waals surface area contributed by atoms with E-state index in [0.29, 0.717) is 17.1 Å². The first-order valence-corrected chi connectivity index (χ1v) is 10.1. The zero-order valence-electron chi connectivity index (χ0n) is 18.0. The molecule has 3 rings (SSSR count). The van der Waals surface area contributed by atoms with Gasteiger partial charge in [0.25, 0.3) is 5.91 Å². The Balaban J connectivity index is 1.70. The minimum atomic E-state index is -4.57. The van der Waals surface area contributed by atoms with Crippen LogP contribution < -0.4 is 20.3 Å². The number of ether oxygens (including phenoxy) is 1. The quantitative estimate of drug-likeness (QED) is 0.455. The Bertz CT molecular complexity index is 1130. The van der Waals surface area contributed by atoms with Gasteiger partial charge in [-0.15, -0.1) is 0 Å². The van der Waals surface area contributed by atoms with E-state index in [-0.39, 0.29) is 18.7 Å². The predicted molar refractivity (Wildman–Crippen MR) is 120 cm³/mol. The molecule has 0 aliphatic carbocycles. The molecule has 0 unspecified atom stereocenters. The van der Waals surface area contributed by atoms with Crippen LogP contribution in [0, 0.1) is 5.82 Å². The number of rotatable bonds is 7. The lowest BCUT2D eigenvalue weighted by Crippen LogP contribution is -2.41. The molecule has 0 saturated heterocycles. The molecular formula is C24H21F4N3O3. The molecule has 6 nitrogen and oxygen atoms in total. The fourth-order valence-electron chi connectivity index (χ4n) is 3.05. The molecular weight excluding hydrogens is 454 g/mol. The third-order valence-corrected chi connectivity index (χ3v) is 4.80. The normalized spacial score (nSPS) is 11.0. The lowest BCUT2D eigenvalue weighted by atomic mass is 10.1. The summed E-state index contributed by atoms with van der Waals surface area (Å²) in [4.78, 5) is 26.5. The molecule has 0 aliphatic rings. The number of anilines is 2. The molecule has 0 saturated carbocycles. The van der Waals surface area contributed by atoms with Crippen LogP contribution in [0.15, 0.2) is 72.8 Å². The topological polar surface area (TPSA) is 70.7 Å². The van der Waals surface area contributed by atoms with Gasteiger partial charge < -0.3 is 15.4 Å². The van der Waals surface area contributed by atoms with Crippen molar-refractivity contribution in [1.82, 2.24) is 5.32 Å². The largest absolute Gasteiger partial charge is 0.497 e. The summed E-state index contributed by atoms with van der Waals surface area (Å²) in [5.41, 5.74) is -0.260. The smallest absolute Gasteiger partial charge is 0.416 e. The van der Waals surface area contributed by atoms with E-state index in [1.807, 2.05) is 0 Å². The molecule has 0 fully saturated rings. The minimum absolute atomic E-state index is 0.0294. The van der Waals surface area contributed by atoms with Gasteiger partial charge in [-0.2, -0.15) is 13.2 Å². The molecule has 0 atom stereocenters. The maximum atomic E-state index is 13.4.